The summed E-state index contributed by atoms with van der Waals surface area (Å²) >= 11 is 12.0. The van der Waals surface area contributed by atoms with Crippen LogP contribution >= 0.6 is 23.2 Å². The number of likely N-dealkylation sites (tertiary alicyclic amines) is 1. The number of hydrogen-bond acceptors (Lipinski definition) is 3. The van der Waals surface area contributed by atoms with Crippen molar-refractivity contribution in [1.29, 1.82) is 0 Å². The number of hydrogen-bond donors (Lipinski definition) is 1. The maximum Gasteiger partial charge on any atom is 0.120 e. The monoisotopic (exact) mass is 440 g/mol. The van der Waals surface area contributed by atoms with Gasteiger partial charge in [-0.15, -0.1) is 0 Å². The molecule has 0 aromatic heterocycles. The second-order valence-corrected chi connectivity index (χ2v) is 9.66. The molecule has 1 atom stereocenters. The van der Waals surface area contributed by atoms with Gasteiger partial charge in [0.25, 0.3) is 0 Å². The molecule has 1 unspecified atom stereocenters. The van der Waals surface area contributed by atoms with Crippen LogP contribution in [0.1, 0.15) is 70.6 Å². The summed E-state index contributed by atoms with van der Waals surface area (Å²) in [7, 11) is 0. The summed E-state index contributed by atoms with van der Waals surface area (Å²) in [5.41, 5.74) is 0. The number of nitrogens with zero attached hydrogens (tertiary/aromatic N) is 1. The highest BCUT2D eigenvalue weighted by atomic mass is 35.5. The van der Waals surface area contributed by atoms with E-state index in [4.69, 9.17) is 27.9 Å². The molecule has 2 saturated heterocycles. The minimum atomic E-state index is 0.558. The van der Waals surface area contributed by atoms with E-state index in [0.29, 0.717) is 10.0 Å². The Hall–Kier alpha value is -0.480. The summed E-state index contributed by atoms with van der Waals surface area (Å²) in [6.45, 7) is 5.79. The number of halogens is 2. The van der Waals surface area contributed by atoms with E-state index in [1.807, 2.05) is 6.07 Å². The lowest BCUT2D eigenvalue weighted by molar-refractivity contribution is 0.161. The third-order valence-corrected chi connectivity index (χ3v) is 7.32. The van der Waals surface area contributed by atoms with Gasteiger partial charge in [-0.25, -0.2) is 0 Å². The van der Waals surface area contributed by atoms with Crippen LogP contribution in [0.2, 0.25) is 10.0 Å². The smallest absolute Gasteiger partial charge is 0.120 e. The lowest BCUT2D eigenvalue weighted by Crippen LogP contribution is -2.34. The fourth-order valence-corrected chi connectivity index (χ4v) is 4.95. The third kappa shape index (κ3) is 8.65. The molecule has 3 nitrogen and oxygen atoms in total. The van der Waals surface area contributed by atoms with Crippen LogP contribution in [0.3, 0.4) is 0 Å². The Morgan fingerprint density at radius 1 is 0.931 bits per heavy atom. The van der Waals surface area contributed by atoms with Crippen LogP contribution in [0.15, 0.2) is 18.2 Å². The van der Waals surface area contributed by atoms with Crippen molar-refractivity contribution in [3.8, 4) is 5.75 Å². The van der Waals surface area contributed by atoms with Gasteiger partial charge in [-0.2, -0.15) is 0 Å². The van der Waals surface area contributed by atoms with E-state index in [2.05, 4.69) is 10.2 Å². The number of unbranched alkanes of at least 4 members (excludes halogenated alkanes) is 3. The Kier molecular flexibility index (Phi) is 10.4. The fraction of sp³-hybridized carbons (Fsp3) is 0.750. The van der Waals surface area contributed by atoms with Crippen molar-refractivity contribution in [2.45, 2.75) is 76.7 Å². The summed E-state index contributed by atoms with van der Waals surface area (Å²) in [4.78, 5) is 2.67. The maximum atomic E-state index is 6.04. The molecular formula is C24H38Cl2N2O. The molecule has 0 saturated carbocycles. The molecule has 0 aliphatic carbocycles. The SMILES string of the molecule is Clc1ccc(OCCC2CCN(CCCCCCC3CCCCN3)CC2)cc1Cl. The summed E-state index contributed by atoms with van der Waals surface area (Å²) in [5.74, 6) is 1.60. The summed E-state index contributed by atoms with van der Waals surface area (Å²) < 4.78 is 5.86. The Balaban J connectivity index is 1.17. The average Bonchev–Trinajstić information content (AvgIpc) is 2.75. The molecule has 2 heterocycles. The van der Waals surface area contributed by atoms with Crippen molar-refractivity contribution >= 4 is 23.2 Å². The molecule has 2 aliphatic heterocycles. The zero-order valence-electron chi connectivity index (χ0n) is 17.8. The lowest BCUT2D eigenvalue weighted by atomic mass is 9.93. The highest BCUT2D eigenvalue weighted by Crippen LogP contribution is 2.27. The molecule has 2 fully saturated rings. The summed E-state index contributed by atoms with van der Waals surface area (Å²) in [6.07, 6.45) is 14.9. The summed E-state index contributed by atoms with van der Waals surface area (Å²) in [5, 5.41) is 4.80. The first-order valence-corrected chi connectivity index (χ1v) is 12.5. The number of rotatable bonds is 11. The molecule has 164 valence electrons. The standard InChI is InChI=1S/C24H38Cl2N2O/c25-23-10-9-22(19-24(23)26)29-18-13-20-11-16-28(17-12-20)15-6-2-1-3-7-21-8-4-5-14-27-21/h9-10,19-21,27H,1-8,11-18H2. The Morgan fingerprint density at radius 3 is 2.52 bits per heavy atom. The Bertz CT molecular complexity index is 584. The average molecular weight is 441 g/mol. The van der Waals surface area contributed by atoms with Crippen molar-refractivity contribution in [1.82, 2.24) is 10.2 Å². The quantitative estimate of drug-likeness (QED) is 0.393. The van der Waals surface area contributed by atoms with Gasteiger partial charge < -0.3 is 15.0 Å². The minimum absolute atomic E-state index is 0.558. The molecule has 1 aromatic rings. The predicted octanol–water partition coefficient (Wildman–Crippen LogP) is 6.57. The third-order valence-electron chi connectivity index (χ3n) is 6.58. The van der Waals surface area contributed by atoms with Crippen molar-refractivity contribution < 1.29 is 4.74 Å². The first-order chi connectivity index (χ1) is 14.2. The van der Waals surface area contributed by atoms with Crippen molar-refractivity contribution in [3.05, 3.63) is 28.2 Å². The normalized spacial score (nSPS) is 21.4. The first-order valence-electron chi connectivity index (χ1n) is 11.7. The lowest BCUT2D eigenvalue weighted by Gasteiger charge is -2.32. The van der Waals surface area contributed by atoms with Gasteiger partial charge in [0.15, 0.2) is 0 Å². The molecule has 29 heavy (non-hydrogen) atoms. The van der Waals surface area contributed by atoms with E-state index in [-0.39, 0.29) is 0 Å². The molecular weight excluding hydrogens is 403 g/mol. The van der Waals surface area contributed by atoms with E-state index in [9.17, 15) is 0 Å². The fourth-order valence-electron chi connectivity index (χ4n) is 4.66. The van der Waals surface area contributed by atoms with Gasteiger partial charge in [0.05, 0.1) is 16.7 Å². The van der Waals surface area contributed by atoms with Gasteiger partial charge in [-0.1, -0.05) is 48.9 Å². The largest absolute Gasteiger partial charge is 0.494 e. The Morgan fingerprint density at radius 2 is 1.76 bits per heavy atom. The van der Waals surface area contributed by atoms with E-state index < -0.39 is 0 Å². The Labute approximate surface area is 187 Å². The second kappa shape index (κ2) is 13.0. The molecule has 5 heteroatoms. The summed E-state index contributed by atoms with van der Waals surface area (Å²) in [6, 6.07) is 6.30. The van der Waals surface area contributed by atoms with Crippen molar-refractivity contribution in [2.24, 2.45) is 5.92 Å². The van der Waals surface area contributed by atoms with Gasteiger partial charge >= 0.3 is 0 Å². The van der Waals surface area contributed by atoms with Gasteiger partial charge in [0, 0.05) is 12.1 Å². The van der Waals surface area contributed by atoms with Gasteiger partial charge in [0.2, 0.25) is 0 Å². The molecule has 2 aliphatic rings. The zero-order valence-corrected chi connectivity index (χ0v) is 19.3. The van der Waals surface area contributed by atoms with Crippen molar-refractivity contribution in [3.63, 3.8) is 0 Å². The van der Waals surface area contributed by atoms with Crippen LogP contribution in [0.5, 0.6) is 5.75 Å². The molecule has 1 N–H and O–H groups in total. The van der Waals surface area contributed by atoms with Crippen LogP contribution in [-0.2, 0) is 0 Å². The van der Waals surface area contributed by atoms with Gasteiger partial charge in [-0.05, 0) is 89.2 Å². The first kappa shape index (κ1) is 23.2. The molecule has 0 bridgehead atoms. The van der Waals surface area contributed by atoms with Crippen LogP contribution in [-0.4, -0.2) is 43.7 Å². The number of nitrogens with one attached hydrogen (secondary N) is 1. The highest BCUT2D eigenvalue weighted by molar-refractivity contribution is 6.42. The van der Waals surface area contributed by atoms with Crippen LogP contribution < -0.4 is 10.1 Å². The van der Waals surface area contributed by atoms with Crippen LogP contribution in [0, 0.1) is 5.92 Å². The second-order valence-electron chi connectivity index (χ2n) is 8.85. The number of ether oxygens (including phenoxy) is 1. The van der Waals surface area contributed by atoms with Crippen molar-refractivity contribution in [2.75, 3.05) is 32.8 Å². The predicted molar refractivity (Wildman–Crippen MR) is 124 cm³/mol. The minimum Gasteiger partial charge on any atom is -0.494 e. The number of piperidine rings is 2. The van der Waals surface area contributed by atoms with Gasteiger partial charge in [0.1, 0.15) is 5.75 Å². The van der Waals surface area contributed by atoms with E-state index in [1.165, 1.54) is 90.4 Å². The highest BCUT2D eigenvalue weighted by Gasteiger charge is 2.19. The maximum absolute atomic E-state index is 6.04. The van der Waals surface area contributed by atoms with Gasteiger partial charge in [-0.3, -0.25) is 0 Å². The molecule has 0 spiro atoms. The van der Waals surface area contributed by atoms with E-state index in [0.717, 1.165) is 30.7 Å². The molecule has 0 radical (unpaired) electrons. The van der Waals surface area contributed by atoms with E-state index >= 15 is 0 Å². The zero-order chi connectivity index (χ0) is 20.3. The van der Waals surface area contributed by atoms with Crippen LogP contribution in [0.25, 0.3) is 0 Å². The molecule has 0 amide bonds. The molecule has 3 rings (SSSR count). The number of benzene rings is 1. The topological polar surface area (TPSA) is 24.5 Å². The van der Waals surface area contributed by atoms with E-state index in [1.54, 1.807) is 12.1 Å². The van der Waals surface area contributed by atoms with Crippen LogP contribution in [0.4, 0.5) is 0 Å². The molecule has 1 aromatic carbocycles.